The molecule has 0 fully saturated rings. The van der Waals surface area contributed by atoms with Crippen LogP contribution in [-0.4, -0.2) is 15.8 Å². The van der Waals surface area contributed by atoms with Crippen molar-refractivity contribution >= 4 is 28.9 Å². The molecule has 20 heavy (non-hydrogen) atoms. The van der Waals surface area contributed by atoms with Gasteiger partial charge in [-0.25, -0.2) is 4.98 Å². The third-order valence-electron chi connectivity index (χ3n) is 2.39. The highest BCUT2D eigenvalue weighted by Gasteiger charge is 2.14. The Balaban J connectivity index is 2.21. The molecular weight excluding hydrogens is 289 g/mol. The van der Waals surface area contributed by atoms with Gasteiger partial charge >= 0.3 is 0 Å². The molecule has 1 aromatic carbocycles. The van der Waals surface area contributed by atoms with Crippen LogP contribution in [0.5, 0.6) is 0 Å². The van der Waals surface area contributed by atoms with Gasteiger partial charge < -0.3 is 5.32 Å². The number of halogens is 2. The number of rotatable bonds is 3. The Labute approximate surface area is 117 Å². The maximum absolute atomic E-state index is 12.6. The SMILES string of the molecule is O=C(Nc1ccc(Cl)c([N+](=O)[O-])c1)c1ccc(F)nc1. The monoisotopic (exact) mass is 295 g/mol. The van der Waals surface area contributed by atoms with E-state index in [1.807, 2.05) is 0 Å². The molecule has 0 spiro atoms. The van der Waals surface area contributed by atoms with Gasteiger partial charge in [0, 0.05) is 18.0 Å². The third kappa shape index (κ3) is 3.07. The van der Waals surface area contributed by atoms with Gasteiger partial charge in [0.2, 0.25) is 5.95 Å². The summed E-state index contributed by atoms with van der Waals surface area (Å²) >= 11 is 5.66. The third-order valence-corrected chi connectivity index (χ3v) is 2.71. The first kappa shape index (κ1) is 13.9. The number of anilines is 1. The highest BCUT2D eigenvalue weighted by Crippen LogP contribution is 2.27. The van der Waals surface area contributed by atoms with Gasteiger partial charge in [-0.2, -0.15) is 4.39 Å². The predicted molar refractivity (Wildman–Crippen MR) is 70.3 cm³/mol. The van der Waals surface area contributed by atoms with Gasteiger partial charge in [-0.1, -0.05) is 11.6 Å². The van der Waals surface area contributed by atoms with Gasteiger partial charge in [0.05, 0.1) is 10.5 Å². The first-order valence-corrected chi connectivity index (χ1v) is 5.72. The Morgan fingerprint density at radius 1 is 1.35 bits per heavy atom. The summed E-state index contributed by atoms with van der Waals surface area (Å²) in [6, 6.07) is 6.15. The van der Waals surface area contributed by atoms with E-state index in [1.54, 1.807) is 0 Å². The normalized spacial score (nSPS) is 10.1. The Bertz CT molecular complexity index is 676. The Hall–Kier alpha value is -2.54. The Morgan fingerprint density at radius 2 is 2.10 bits per heavy atom. The standard InChI is InChI=1S/C12H7ClFN3O3/c13-9-3-2-8(5-10(9)17(19)20)16-12(18)7-1-4-11(14)15-6-7/h1-6H,(H,16,18). The number of carbonyl (C=O) groups is 1. The summed E-state index contributed by atoms with van der Waals surface area (Å²) in [5, 5.41) is 13.1. The van der Waals surface area contributed by atoms with E-state index in [1.165, 1.54) is 18.2 Å². The fraction of sp³-hybridized carbons (Fsp3) is 0. The highest BCUT2D eigenvalue weighted by molar-refractivity contribution is 6.32. The lowest BCUT2D eigenvalue weighted by molar-refractivity contribution is -0.384. The fourth-order valence-electron chi connectivity index (χ4n) is 1.44. The van der Waals surface area contributed by atoms with Crippen LogP contribution in [0.15, 0.2) is 36.5 Å². The summed E-state index contributed by atoms with van der Waals surface area (Å²) < 4.78 is 12.6. The van der Waals surface area contributed by atoms with Crippen molar-refractivity contribution in [2.75, 3.05) is 5.32 Å². The summed E-state index contributed by atoms with van der Waals surface area (Å²) in [6.07, 6.45) is 1.06. The second kappa shape index (κ2) is 5.62. The van der Waals surface area contributed by atoms with Gasteiger partial charge in [-0.05, 0) is 24.3 Å². The minimum absolute atomic E-state index is 0.0311. The number of hydrogen-bond acceptors (Lipinski definition) is 4. The van der Waals surface area contributed by atoms with E-state index in [9.17, 15) is 19.3 Å². The minimum Gasteiger partial charge on any atom is -0.322 e. The number of aromatic nitrogens is 1. The molecule has 0 bridgehead atoms. The van der Waals surface area contributed by atoms with E-state index >= 15 is 0 Å². The molecule has 0 aliphatic heterocycles. The molecule has 0 atom stereocenters. The van der Waals surface area contributed by atoms with Crippen molar-refractivity contribution in [1.29, 1.82) is 0 Å². The van der Waals surface area contributed by atoms with Gasteiger partial charge in [-0.15, -0.1) is 0 Å². The molecule has 1 heterocycles. The number of pyridine rings is 1. The second-order valence-corrected chi connectivity index (χ2v) is 4.15. The zero-order valence-corrected chi connectivity index (χ0v) is 10.6. The Morgan fingerprint density at radius 3 is 2.70 bits per heavy atom. The van der Waals surface area contributed by atoms with Gasteiger partial charge in [0.1, 0.15) is 5.02 Å². The van der Waals surface area contributed by atoms with Gasteiger partial charge in [-0.3, -0.25) is 14.9 Å². The first-order valence-electron chi connectivity index (χ1n) is 5.34. The average molecular weight is 296 g/mol. The molecule has 8 heteroatoms. The quantitative estimate of drug-likeness (QED) is 0.536. The summed E-state index contributed by atoms with van der Waals surface area (Å²) in [6.45, 7) is 0. The molecule has 102 valence electrons. The first-order chi connectivity index (χ1) is 9.47. The summed E-state index contributed by atoms with van der Waals surface area (Å²) in [7, 11) is 0. The van der Waals surface area contributed by atoms with Crippen LogP contribution in [0.1, 0.15) is 10.4 Å². The van der Waals surface area contributed by atoms with Gasteiger partial charge in [0.15, 0.2) is 0 Å². The number of nitro groups is 1. The number of benzene rings is 1. The topological polar surface area (TPSA) is 85.1 Å². The molecule has 0 saturated heterocycles. The zero-order valence-electron chi connectivity index (χ0n) is 9.84. The molecule has 0 aliphatic rings. The van der Waals surface area contributed by atoms with Crippen molar-refractivity contribution in [3.05, 3.63) is 63.2 Å². The van der Waals surface area contributed by atoms with Crippen LogP contribution in [0.2, 0.25) is 5.02 Å². The zero-order chi connectivity index (χ0) is 14.7. The molecule has 0 unspecified atom stereocenters. The maximum Gasteiger partial charge on any atom is 0.289 e. The van der Waals surface area contributed by atoms with Crippen LogP contribution >= 0.6 is 11.6 Å². The summed E-state index contributed by atoms with van der Waals surface area (Å²) in [5.41, 5.74) is 0.0149. The number of amides is 1. The molecule has 0 saturated carbocycles. The fourth-order valence-corrected chi connectivity index (χ4v) is 1.63. The number of hydrogen-bond donors (Lipinski definition) is 1. The Kier molecular flexibility index (Phi) is 3.90. The van der Waals surface area contributed by atoms with E-state index in [4.69, 9.17) is 11.6 Å². The van der Waals surface area contributed by atoms with E-state index in [2.05, 4.69) is 10.3 Å². The molecule has 6 nitrogen and oxygen atoms in total. The van der Waals surface area contributed by atoms with E-state index in [0.29, 0.717) is 0 Å². The van der Waals surface area contributed by atoms with Crippen LogP contribution in [0.3, 0.4) is 0 Å². The molecule has 2 rings (SSSR count). The molecule has 1 aromatic heterocycles. The van der Waals surface area contributed by atoms with Crippen LogP contribution < -0.4 is 5.32 Å². The van der Waals surface area contributed by atoms with Crippen molar-refractivity contribution in [2.24, 2.45) is 0 Å². The van der Waals surface area contributed by atoms with E-state index in [0.717, 1.165) is 18.3 Å². The van der Waals surface area contributed by atoms with Crippen LogP contribution in [-0.2, 0) is 0 Å². The maximum atomic E-state index is 12.6. The number of nitro benzene ring substituents is 1. The van der Waals surface area contributed by atoms with Crippen LogP contribution in [0.25, 0.3) is 0 Å². The molecule has 0 radical (unpaired) electrons. The van der Waals surface area contributed by atoms with Gasteiger partial charge in [0.25, 0.3) is 11.6 Å². The predicted octanol–water partition coefficient (Wildman–Crippen LogP) is 3.03. The van der Waals surface area contributed by atoms with Crippen molar-refractivity contribution in [2.45, 2.75) is 0 Å². The summed E-state index contributed by atoms with van der Waals surface area (Å²) in [5.74, 6) is -1.27. The van der Waals surface area contributed by atoms with Crippen molar-refractivity contribution < 1.29 is 14.1 Å². The summed E-state index contributed by atoms with van der Waals surface area (Å²) in [4.78, 5) is 25.2. The van der Waals surface area contributed by atoms with E-state index < -0.39 is 16.8 Å². The molecule has 2 aromatic rings. The smallest absolute Gasteiger partial charge is 0.289 e. The lowest BCUT2D eigenvalue weighted by atomic mass is 10.2. The largest absolute Gasteiger partial charge is 0.322 e. The van der Waals surface area contributed by atoms with Crippen molar-refractivity contribution in [3.8, 4) is 0 Å². The lowest BCUT2D eigenvalue weighted by Crippen LogP contribution is -2.12. The van der Waals surface area contributed by atoms with Crippen molar-refractivity contribution in [1.82, 2.24) is 4.98 Å². The van der Waals surface area contributed by atoms with Crippen molar-refractivity contribution in [3.63, 3.8) is 0 Å². The second-order valence-electron chi connectivity index (χ2n) is 3.75. The number of carbonyl (C=O) groups excluding carboxylic acids is 1. The highest BCUT2D eigenvalue weighted by atomic mass is 35.5. The molecular formula is C12H7ClFN3O3. The lowest BCUT2D eigenvalue weighted by Gasteiger charge is -2.05. The molecule has 1 amide bonds. The molecule has 0 aliphatic carbocycles. The molecule has 1 N–H and O–H groups in total. The van der Waals surface area contributed by atoms with E-state index in [-0.39, 0.29) is 22.0 Å². The van der Waals surface area contributed by atoms with Crippen LogP contribution in [0, 0.1) is 16.1 Å². The minimum atomic E-state index is -0.705. The average Bonchev–Trinajstić information content (AvgIpc) is 2.41. The van der Waals surface area contributed by atoms with Crippen LogP contribution in [0.4, 0.5) is 15.8 Å². The number of nitrogens with zero attached hydrogens (tertiary/aromatic N) is 2. The number of nitrogens with one attached hydrogen (secondary N) is 1.